The fourth-order valence-corrected chi connectivity index (χ4v) is 1.79. The summed E-state index contributed by atoms with van der Waals surface area (Å²) in [5, 5.41) is 16.7. The Balaban J connectivity index is 2.02. The minimum absolute atomic E-state index is 0.0861. The molecule has 0 saturated heterocycles. The number of aliphatic hydroxyl groups excluding tert-OH is 1. The molecule has 1 aromatic carbocycles. The monoisotopic (exact) mass is 246 g/mol. The quantitative estimate of drug-likeness (QED) is 0.747. The summed E-state index contributed by atoms with van der Waals surface area (Å²) in [5.41, 5.74) is 8.29. The summed E-state index contributed by atoms with van der Waals surface area (Å²) in [4.78, 5) is 0. The third-order valence-electron chi connectivity index (χ3n) is 2.82. The van der Waals surface area contributed by atoms with Gasteiger partial charge in [0, 0.05) is 0 Å². The molecule has 2 aromatic rings. The van der Waals surface area contributed by atoms with Gasteiger partial charge in [-0.3, -0.25) is 0 Å². The summed E-state index contributed by atoms with van der Waals surface area (Å²) in [6.07, 6.45) is 4.96. The zero-order valence-corrected chi connectivity index (χ0v) is 10.3. The van der Waals surface area contributed by atoms with Gasteiger partial charge in [0.2, 0.25) is 0 Å². The number of benzene rings is 1. The zero-order chi connectivity index (χ0) is 12.8. The molecule has 0 saturated carbocycles. The highest BCUT2D eigenvalue weighted by Gasteiger charge is 2.01. The molecular formula is C13H18N4O. The van der Waals surface area contributed by atoms with E-state index < -0.39 is 0 Å². The topological polar surface area (TPSA) is 77.0 Å². The third kappa shape index (κ3) is 3.15. The SMILES string of the molecule is NCCCCc1ccc(-n2cc(CO)nn2)cc1. The van der Waals surface area contributed by atoms with E-state index in [1.54, 1.807) is 10.9 Å². The molecule has 0 spiro atoms. The van der Waals surface area contributed by atoms with E-state index in [2.05, 4.69) is 22.4 Å². The van der Waals surface area contributed by atoms with Gasteiger partial charge in [-0.25, -0.2) is 4.68 Å². The second kappa shape index (κ2) is 6.28. The fourth-order valence-electron chi connectivity index (χ4n) is 1.79. The summed E-state index contributed by atoms with van der Waals surface area (Å²) < 4.78 is 1.66. The molecule has 18 heavy (non-hydrogen) atoms. The first-order valence-corrected chi connectivity index (χ1v) is 6.15. The van der Waals surface area contributed by atoms with E-state index in [4.69, 9.17) is 10.8 Å². The third-order valence-corrected chi connectivity index (χ3v) is 2.82. The molecule has 96 valence electrons. The Morgan fingerprint density at radius 1 is 1.17 bits per heavy atom. The minimum Gasteiger partial charge on any atom is -0.390 e. The Morgan fingerprint density at radius 3 is 2.56 bits per heavy atom. The number of aryl methyl sites for hydroxylation is 1. The van der Waals surface area contributed by atoms with Gasteiger partial charge in [-0.2, -0.15) is 0 Å². The summed E-state index contributed by atoms with van der Waals surface area (Å²) in [6.45, 7) is 0.665. The van der Waals surface area contributed by atoms with Gasteiger partial charge < -0.3 is 10.8 Å². The maximum absolute atomic E-state index is 8.94. The van der Waals surface area contributed by atoms with Crippen LogP contribution in [0.4, 0.5) is 0 Å². The van der Waals surface area contributed by atoms with Gasteiger partial charge in [0.15, 0.2) is 0 Å². The normalized spacial score (nSPS) is 10.8. The number of aromatic nitrogens is 3. The van der Waals surface area contributed by atoms with Gasteiger partial charge in [-0.05, 0) is 43.5 Å². The first-order valence-electron chi connectivity index (χ1n) is 6.15. The Bertz CT molecular complexity index is 478. The second-order valence-corrected chi connectivity index (χ2v) is 4.22. The van der Waals surface area contributed by atoms with E-state index in [9.17, 15) is 0 Å². The Morgan fingerprint density at radius 2 is 1.94 bits per heavy atom. The molecule has 0 aliphatic carbocycles. The van der Waals surface area contributed by atoms with E-state index in [-0.39, 0.29) is 6.61 Å². The molecule has 0 radical (unpaired) electrons. The van der Waals surface area contributed by atoms with Gasteiger partial charge in [-0.15, -0.1) is 5.10 Å². The molecule has 0 amide bonds. The molecule has 5 nitrogen and oxygen atoms in total. The summed E-state index contributed by atoms with van der Waals surface area (Å²) in [7, 11) is 0. The predicted molar refractivity (Wildman–Crippen MR) is 69.3 cm³/mol. The highest BCUT2D eigenvalue weighted by molar-refractivity contribution is 5.33. The Labute approximate surface area is 106 Å². The van der Waals surface area contributed by atoms with Crippen LogP contribution in [0.3, 0.4) is 0 Å². The van der Waals surface area contributed by atoms with E-state index >= 15 is 0 Å². The van der Waals surface area contributed by atoms with Gasteiger partial charge in [0.25, 0.3) is 0 Å². The van der Waals surface area contributed by atoms with Crippen molar-refractivity contribution in [3.8, 4) is 5.69 Å². The average Bonchev–Trinajstić information content (AvgIpc) is 2.89. The highest BCUT2D eigenvalue weighted by Crippen LogP contribution is 2.11. The van der Waals surface area contributed by atoms with Crippen molar-refractivity contribution >= 4 is 0 Å². The maximum atomic E-state index is 8.94. The van der Waals surface area contributed by atoms with Crippen molar-refractivity contribution in [2.45, 2.75) is 25.9 Å². The van der Waals surface area contributed by atoms with Crippen LogP contribution in [-0.2, 0) is 13.0 Å². The van der Waals surface area contributed by atoms with E-state index in [1.807, 2.05) is 12.1 Å². The number of nitrogens with two attached hydrogens (primary N) is 1. The molecule has 3 N–H and O–H groups in total. The van der Waals surface area contributed by atoms with Crippen LogP contribution in [0.1, 0.15) is 24.1 Å². The average molecular weight is 246 g/mol. The number of aliphatic hydroxyl groups is 1. The van der Waals surface area contributed by atoms with Crippen LogP contribution >= 0.6 is 0 Å². The minimum atomic E-state index is -0.0861. The molecule has 0 aliphatic heterocycles. The van der Waals surface area contributed by atoms with Crippen molar-refractivity contribution in [2.75, 3.05) is 6.54 Å². The first kappa shape index (κ1) is 12.7. The van der Waals surface area contributed by atoms with Crippen LogP contribution in [0, 0.1) is 0 Å². The van der Waals surface area contributed by atoms with Crippen molar-refractivity contribution in [2.24, 2.45) is 5.73 Å². The molecule has 0 atom stereocenters. The largest absolute Gasteiger partial charge is 0.390 e. The lowest BCUT2D eigenvalue weighted by Crippen LogP contribution is -1.99. The van der Waals surface area contributed by atoms with Gasteiger partial charge >= 0.3 is 0 Å². The lowest BCUT2D eigenvalue weighted by molar-refractivity contribution is 0.276. The molecule has 0 bridgehead atoms. The lowest BCUT2D eigenvalue weighted by atomic mass is 10.1. The molecule has 1 heterocycles. The lowest BCUT2D eigenvalue weighted by Gasteiger charge is -2.03. The number of unbranched alkanes of at least 4 members (excludes halogenated alkanes) is 1. The van der Waals surface area contributed by atoms with Crippen molar-refractivity contribution < 1.29 is 5.11 Å². The molecule has 2 rings (SSSR count). The molecule has 0 fully saturated rings. The molecule has 0 aliphatic rings. The molecular weight excluding hydrogens is 228 g/mol. The van der Waals surface area contributed by atoms with Crippen LogP contribution in [-0.4, -0.2) is 26.6 Å². The van der Waals surface area contributed by atoms with Crippen molar-refractivity contribution in [1.29, 1.82) is 0 Å². The Hall–Kier alpha value is -1.72. The number of hydrogen-bond acceptors (Lipinski definition) is 4. The van der Waals surface area contributed by atoms with Crippen LogP contribution in [0.2, 0.25) is 0 Å². The van der Waals surface area contributed by atoms with E-state index in [0.29, 0.717) is 5.69 Å². The highest BCUT2D eigenvalue weighted by atomic mass is 16.3. The van der Waals surface area contributed by atoms with Crippen LogP contribution in [0.15, 0.2) is 30.5 Å². The van der Waals surface area contributed by atoms with Crippen LogP contribution in [0.5, 0.6) is 0 Å². The van der Waals surface area contributed by atoms with Crippen LogP contribution < -0.4 is 5.73 Å². The molecule has 5 heteroatoms. The van der Waals surface area contributed by atoms with E-state index in [0.717, 1.165) is 31.5 Å². The number of nitrogens with zero attached hydrogens (tertiary/aromatic N) is 3. The molecule has 0 unspecified atom stereocenters. The summed E-state index contributed by atoms with van der Waals surface area (Å²) in [5.74, 6) is 0. The zero-order valence-electron chi connectivity index (χ0n) is 10.3. The Kier molecular flexibility index (Phi) is 4.44. The summed E-state index contributed by atoms with van der Waals surface area (Å²) in [6, 6.07) is 8.19. The number of rotatable bonds is 6. The summed E-state index contributed by atoms with van der Waals surface area (Å²) >= 11 is 0. The number of hydrogen-bond donors (Lipinski definition) is 2. The van der Waals surface area contributed by atoms with E-state index in [1.165, 1.54) is 5.56 Å². The standard InChI is InChI=1S/C13H18N4O/c14-8-2-1-3-11-4-6-13(7-5-11)17-9-12(10-18)15-16-17/h4-7,9,18H,1-3,8,10,14H2. The fraction of sp³-hybridized carbons (Fsp3) is 0.385. The van der Waals surface area contributed by atoms with Crippen molar-refractivity contribution in [1.82, 2.24) is 15.0 Å². The van der Waals surface area contributed by atoms with Gasteiger partial charge in [0.05, 0.1) is 18.5 Å². The smallest absolute Gasteiger partial charge is 0.109 e. The maximum Gasteiger partial charge on any atom is 0.109 e. The van der Waals surface area contributed by atoms with Crippen LogP contribution in [0.25, 0.3) is 5.69 Å². The predicted octanol–water partition coefficient (Wildman–Crippen LogP) is 1.04. The molecule has 1 aromatic heterocycles. The second-order valence-electron chi connectivity index (χ2n) is 4.22. The van der Waals surface area contributed by atoms with Crippen molar-refractivity contribution in [3.05, 3.63) is 41.7 Å². The first-order chi connectivity index (χ1) is 8.83. The van der Waals surface area contributed by atoms with Gasteiger partial charge in [-0.1, -0.05) is 17.3 Å². The van der Waals surface area contributed by atoms with Gasteiger partial charge in [0.1, 0.15) is 5.69 Å². The van der Waals surface area contributed by atoms with Crippen molar-refractivity contribution in [3.63, 3.8) is 0 Å².